The predicted octanol–water partition coefficient (Wildman–Crippen LogP) is 4.97. The number of pyridine rings is 1. The summed E-state index contributed by atoms with van der Waals surface area (Å²) in [7, 11) is 1.37. The minimum absolute atomic E-state index is 0.102. The molecule has 198 valence electrons. The Hall–Kier alpha value is -4.50. The third kappa shape index (κ3) is 5.53. The molecule has 1 aliphatic heterocycles. The normalized spacial score (nSPS) is 16.6. The van der Waals surface area contributed by atoms with Gasteiger partial charge in [-0.2, -0.15) is 0 Å². The first-order valence-corrected chi connectivity index (χ1v) is 13.1. The molecule has 39 heavy (non-hydrogen) atoms. The van der Waals surface area contributed by atoms with E-state index in [0.29, 0.717) is 22.9 Å². The minimum atomic E-state index is -0.420. The molecule has 2 aromatic carbocycles. The van der Waals surface area contributed by atoms with Crippen LogP contribution in [0.3, 0.4) is 0 Å². The summed E-state index contributed by atoms with van der Waals surface area (Å²) in [4.78, 5) is 32.1. The van der Waals surface area contributed by atoms with Crippen LogP contribution in [0.5, 0.6) is 0 Å². The average molecular weight is 540 g/mol. The van der Waals surface area contributed by atoms with Gasteiger partial charge in [0.15, 0.2) is 5.11 Å². The molecular weight excluding hydrogens is 510 g/mol. The number of nitrogens with one attached hydrogen (secondary N) is 2. The summed E-state index contributed by atoms with van der Waals surface area (Å²) in [6.07, 6.45) is 3.90. The van der Waals surface area contributed by atoms with Crippen LogP contribution in [-0.2, 0) is 9.53 Å². The number of thiocarbonyl (C=S) groups is 1. The molecule has 8 nitrogen and oxygen atoms in total. The van der Waals surface area contributed by atoms with E-state index in [1.54, 1.807) is 18.3 Å². The number of ether oxygens (including phenoxy) is 1. The zero-order valence-electron chi connectivity index (χ0n) is 21.7. The van der Waals surface area contributed by atoms with Crippen LogP contribution in [-0.4, -0.2) is 45.1 Å². The van der Waals surface area contributed by atoms with Crippen molar-refractivity contribution in [3.05, 3.63) is 114 Å². The van der Waals surface area contributed by atoms with E-state index in [1.165, 1.54) is 7.11 Å². The number of hydrogen-bond donors (Lipinski definition) is 2. The number of nitrogens with zero attached hydrogens (tertiary/aromatic N) is 3. The van der Waals surface area contributed by atoms with E-state index < -0.39 is 5.97 Å². The zero-order valence-corrected chi connectivity index (χ0v) is 22.5. The lowest BCUT2D eigenvalue weighted by atomic mass is 10.0. The summed E-state index contributed by atoms with van der Waals surface area (Å²) in [5.74, 6) is -0.522. The van der Waals surface area contributed by atoms with Crippen LogP contribution in [0.1, 0.15) is 45.8 Å². The second kappa shape index (κ2) is 11.5. The summed E-state index contributed by atoms with van der Waals surface area (Å²) in [6, 6.07) is 24.2. The maximum Gasteiger partial charge on any atom is 0.339 e. The summed E-state index contributed by atoms with van der Waals surface area (Å²) in [5, 5.41) is 6.94. The highest BCUT2D eigenvalue weighted by molar-refractivity contribution is 7.80. The van der Waals surface area contributed by atoms with E-state index in [1.807, 2.05) is 89.3 Å². The maximum atomic E-state index is 12.9. The Labute approximate surface area is 232 Å². The number of carbonyl (C=O) groups is 2. The Bertz CT molecular complexity index is 1500. The monoisotopic (exact) mass is 539 g/mol. The van der Waals surface area contributed by atoms with Gasteiger partial charge in [-0.3, -0.25) is 9.78 Å². The second-order valence-corrected chi connectivity index (χ2v) is 9.69. The number of methoxy groups -OCH3 is 1. The van der Waals surface area contributed by atoms with E-state index in [-0.39, 0.29) is 24.4 Å². The van der Waals surface area contributed by atoms with Gasteiger partial charge in [-0.1, -0.05) is 30.3 Å². The van der Waals surface area contributed by atoms with Crippen molar-refractivity contribution in [2.24, 2.45) is 0 Å². The van der Waals surface area contributed by atoms with Crippen molar-refractivity contribution in [3.8, 4) is 5.69 Å². The summed E-state index contributed by atoms with van der Waals surface area (Å²) in [6.45, 7) is 2.38. The van der Waals surface area contributed by atoms with Crippen molar-refractivity contribution >= 4 is 34.9 Å². The summed E-state index contributed by atoms with van der Waals surface area (Å²) < 4.78 is 7.01. The molecule has 5 rings (SSSR count). The Kier molecular flexibility index (Phi) is 7.69. The van der Waals surface area contributed by atoms with Gasteiger partial charge in [0, 0.05) is 36.7 Å². The van der Waals surface area contributed by atoms with Gasteiger partial charge in [0.05, 0.1) is 36.1 Å². The number of aryl methyl sites for hydroxylation is 1. The Balaban J connectivity index is 1.48. The molecule has 0 radical (unpaired) electrons. The molecule has 0 spiro atoms. The van der Waals surface area contributed by atoms with Gasteiger partial charge in [0.2, 0.25) is 5.91 Å². The highest BCUT2D eigenvalue weighted by atomic mass is 32.1. The first kappa shape index (κ1) is 26.1. The molecule has 0 unspecified atom stereocenters. The van der Waals surface area contributed by atoms with Gasteiger partial charge in [-0.05, 0) is 73.2 Å². The fourth-order valence-corrected chi connectivity index (χ4v) is 5.29. The number of amides is 1. The average Bonchev–Trinajstić information content (AvgIpc) is 3.56. The molecular formula is C30H29N5O3S. The SMILES string of the molecule is COC(=O)c1ccccc1-n1cccc1[C@H]1[C@H](c2ccccn2)NC(=S)N1CCC(=O)Nc1cccc(C)c1. The number of benzene rings is 2. The molecule has 2 aromatic heterocycles. The Morgan fingerprint density at radius 2 is 1.87 bits per heavy atom. The third-order valence-electron chi connectivity index (χ3n) is 6.73. The number of carbonyl (C=O) groups excluding carboxylic acids is 2. The number of anilines is 1. The van der Waals surface area contributed by atoms with Crippen LogP contribution in [0.25, 0.3) is 5.69 Å². The third-order valence-corrected chi connectivity index (χ3v) is 7.08. The lowest BCUT2D eigenvalue weighted by Crippen LogP contribution is -2.33. The summed E-state index contributed by atoms with van der Waals surface area (Å²) >= 11 is 5.79. The fourth-order valence-electron chi connectivity index (χ4n) is 4.96. The maximum absolute atomic E-state index is 12.9. The smallest absolute Gasteiger partial charge is 0.339 e. The summed E-state index contributed by atoms with van der Waals surface area (Å²) in [5.41, 5.74) is 4.70. The van der Waals surface area contributed by atoms with Gasteiger partial charge in [-0.25, -0.2) is 4.79 Å². The van der Waals surface area contributed by atoms with Gasteiger partial charge >= 0.3 is 5.97 Å². The van der Waals surface area contributed by atoms with Crippen LogP contribution in [0, 0.1) is 6.92 Å². The van der Waals surface area contributed by atoms with E-state index in [2.05, 4.69) is 15.6 Å². The zero-order chi connectivity index (χ0) is 27.4. The topological polar surface area (TPSA) is 88.5 Å². The van der Waals surface area contributed by atoms with Crippen molar-refractivity contribution < 1.29 is 14.3 Å². The minimum Gasteiger partial charge on any atom is -0.465 e. The standard InChI is InChI=1S/C30H29N5O3S/c1-20-9-7-10-21(19-20)32-26(36)15-18-35-28(27(33-30(35)39)23-12-5-6-16-31-23)25-14-8-17-34(25)24-13-4-3-11-22(24)29(37)38-2/h3-14,16-17,19,27-28H,15,18H2,1-2H3,(H,32,36)(H,33,39)/t27-,28-/m0/s1. The van der Waals surface area contributed by atoms with Crippen LogP contribution in [0.4, 0.5) is 5.69 Å². The van der Waals surface area contributed by atoms with Crippen molar-refractivity contribution in [1.29, 1.82) is 0 Å². The van der Waals surface area contributed by atoms with Crippen LogP contribution in [0.15, 0.2) is 91.3 Å². The molecule has 2 N–H and O–H groups in total. The predicted molar refractivity (Wildman–Crippen MR) is 154 cm³/mol. The fraction of sp³-hybridized carbons (Fsp3) is 0.200. The number of rotatable bonds is 8. The van der Waals surface area contributed by atoms with Crippen molar-refractivity contribution in [1.82, 2.24) is 19.8 Å². The van der Waals surface area contributed by atoms with Crippen molar-refractivity contribution in [3.63, 3.8) is 0 Å². The molecule has 9 heteroatoms. The molecule has 4 aromatic rings. The Morgan fingerprint density at radius 3 is 2.64 bits per heavy atom. The van der Waals surface area contributed by atoms with Gasteiger partial charge in [0.1, 0.15) is 0 Å². The van der Waals surface area contributed by atoms with E-state index in [9.17, 15) is 9.59 Å². The molecule has 0 saturated carbocycles. The number of para-hydroxylation sites is 1. The lowest BCUT2D eigenvalue weighted by molar-refractivity contribution is -0.116. The van der Waals surface area contributed by atoms with E-state index in [4.69, 9.17) is 17.0 Å². The molecule has 0 bridgehead atoms. The van der Waals surface area contributed by atoms with Crippen LogP contribution < -0.4 is 10.6 Å². The Morgan fingerprint density at radius 1 is 1.05 bits per heavy atom. The van der Waals surface area contributed by atoms with Crippen LogP contribution >= 0.6 is 12.2 Å². The molecule has 2 atom stereocenters. The molecule has 1 amide bonds. The molecule has 1 fully saturated rings. The highest BCUT2D eigenvalue weighted by Gasteiger charge is 2.41. The lowest BCUT2D eigenvalue weighted by Gasteiger charge is -2.29. The molecule has 0 aliphatic carbocycles. The number of hydrogen-bond acceptors (Lipinski definition) is 5. The van der Waals surface area contributed by atoms with Crippen LogP contribution in [0.2, 0.25) is 0 Å². The van der Waals surface area contributed by atoms with Crippen molar-refractivity contribution in [2.75, 3.05) is 19.0 Å². The van der Waals surface area contributed by atoms with Crippen molar-refractivity contribution in [2.45, 2.75) is 25.4 Å². The van der Waals surface area contributed by atoms with Gasteiger partial charge < -0.3 is 24.8 Å². The van der Waals surface area contributed by atoms with Gasteiger partial charge in [0.25, 0.3) is 0 Å². The quantitative estimate of drug-likeness (QED) is 0.241. The largest absolute Gasteiger partial charge is 0.465 e. The van der Waals surface area contributed by atoms with E-state index >= 15 is 0 Å². The molecule has 1 saturated heterocycles. The first-order chi connectivity index (χ1) is 19.0. The molecule has 1 aliphatic rings. The number of esters is 1. The first-order valence-electron chi connectivity index (χ1n) is 12.7. The highest BCUT2D eigenvalue weighted by Crippen LogP contribution is 2.40. The molecule has 3 heterocycles. The van der Waals surface area contributed by atoms with E-state index in [0.717, 1.165) is 22.6 Å². The van der Waals surface area contributed by atoms with Gasteiger partial charge in [-0.15, -0.1) is 0 Å². The number of aromatic nitrogens is 2. The second-order valence-electron chi connectivity index (χ2n) is 9.30.